The van der Waals surface area contributed by atoms with Gasteiger partial charge in [-0.15, -0.1) is 5.10 Å². The van der Waals surface area contributed by atoms with Crippen LogP contribution in [-0.4, -0.2) is 60.8 Å². The molecule has 4 rings (SSSR count). The zero-order valence-electron chi connectivity index (χ0n) is 25.0. The Morgan fingerprint density at radius 3 is 2.33 bits per heavy atom. The van der Waals surface area contributed by atoms with Gasteiger partial charge in [0.25, 0.3) is 0 Å². The average Bonchev–Trinajstić information content (AvgIpc) is 3.41. The molecule has 0 saturated carbocycles. The fourth-order valence-electron chi connectivity index (χ4n) is 4.65. The standard InChI is InChI=1S/C31H37N5O6/c1-8-31(2,3)32-30(38)28(21-12-11-15-25(40-5)29(21)42-7)36(24-17-16-20(39-4)18-26(24)41-6)27(37)19-35-23-14-10-9-13-22(23)33-34-35/h9-18,28H,8,19H2,1-7H3,(H,32,38)/t28-/m1/s1. The third kappa shape index (κ3) is 6.09. The minimum Gasteiger partial charge on any atom is -0.497 e. The fourth-order valence-corrected chi connectivity index (χ4v) is 4.65. The van der Waals surface area contributed by atoms with Crippen LogP contribution >= 0.6 is 0 Å². The first-order valence-electron chi connectivity index (χ1n) is 13.5. The third-order valence-corrected chi connectivity index (χ3v) is 7.20. The first kappa shape index (κ1) is 30.2. The van der Waals surface area contributed by atoms with Gasteiger partial charge in [-0.2, -0.15) is 0 Å². The monoisotopic (exact) mass is 575 g/mol. The van der Waals surface area contributed by atoms with Gasteiger partial charge >= 0.3 is 0 Å². The Labute approximate surface area is 245 Å². The number of nitrogens with zero attached hydrogens (tertiary/aromatic N) is 4. The molecule has 1 aromatic heterocycles. The number of ether oxygens (including phenoxy) is 4. The minimum atomic E-state index is -1.19. The van der Waals surface area contributed by atoms with Crippen molar-refractivity contribution in [3.63, 3.8) is 0 Å². The van der Waals surface area contributed by atoms with E-state index in [1.165, 1.54) is 38.0 Å². The summed E-state index contributed by atoms with van der Waals surface area (Å²) in [6.45, 7) is 5.62. The van der Waals surface area contributed by atoms with Crippen LogP contribution in [0.25, 0.3) is 11.0 Å². The Balaban J connectivity index is 1.96. The van der Waals surface area contributed by atoms with Gasteiger partial charge in [0.1, 0.15) is 29.6 Å². The van der Waals surface area contributed by atoms with Crippen molar-refractivity contribution >= 4 is 28.5 Å². The molecule has 11 heteroatoms. The number of benzene rings is 3. The molecule has 2 amide bonds. The molecular weight excluding hydrogens is 538 g/mol. The number of amides is 2. The maximum Gasteiger partial charge on any atom is 0.249 e. The summed E-state index contributed by atoms with van der Waals surface area (Å²) in [6, 6.07) is 16.4. The van der Waals surface area contributed by atoms with Gasteiger partial charge in [-0.25, -0.2) is 4.68 Å². The third-order valence-electron chi connectivity index (χ3n) is 7.20. The SMILES string of the molecule is CCC(C)(C)NC(=O)[C@@H](c1cccc(OC)c1OC)N(C(=O)Cn1nnc2ccccc21)c1ccc(OC)cc1OC. The topological polar surface area (TPSA) is 117 Å². The normalized spacial score (nSPS) is 12.0. The van der Waals surface area contributed by atoms with Crippen LogP contribution in [0.5, 0.6) is 23.0 Å². The molecule has 11 nitrogen and oxygen atoms in total. The fraction of sp³-hybridized carbons (Fsp3) is 0.355. The molecule has 0 aliphatic heterocycles. The lowest BCUT2D eigenvalue weighted by atomic mass is 9.97. The number of hydrogen-bond acceptors (Lipinski definition) is 8. The predicted octanol–water partition coefficient (Wildman–Crippen LogP) is 4.55. The highest BCUT2D eigenvalue weighted by molar-refractivity contribution is 6.03. The van der Waals surface area contributed by atoms with E-state index in [9.17, 15) is 9.59 Å². The summed E-state index contributed by atoms with van der Waals surface area (Å²) in [5.41, 5.74) is 1.54. The van der Waals surface area contributed by atoms with Crippen LogP contribution in [0, 0.1) is 0 Å². The predicted molar refractivity (Wildman–Crippen MR) is 159 cm³/mol. The highest BCUT2D eigenvalue weighted by atomic mass is 16.5. The quantitative estimate of drug-likeness (QED) is 0.262. The molecule has 3 aromatic carbocycles. The first-order valence-corrected chi connectivity index (χ1v) is 13.5. The molecule has 0 radical (unpaired) electrons. The number of carbonyl (C=O) groups excluding carboxylic acids is 2. The molecule has 1 atom stereocenters. The molecule has 42 heavy (non-hydrogen) atoms. The highest BCUT2D eigenvalue weighted by Crippen LogP contribution is 2.42. The van der Waals surface area contributed by atoms with Crippen molar-refractivity contribution in [1.29, 1.82) is 0 Å². The van der Waals surface area contributed by atoms with Gasteiger partial charge in [0.15, 0.2) is 11.5 Å². The summed E-state index contributed by atoms with van der Waals surface area (Å²) in [4.78, 5) is 30.2. The largest absolute Gasteiger partial charge is 0.497 e. The second-order valence-corrected chi connectivity index (χ2v) is 10.2. The number of aromatic nitrogens is 3. The number of fused-ring (bicyclic) bond motifs is 1. The van der Waals surface area contributed by atoms with Crippen molar-refractivity contribution < 1.29 is 28.5 Å². The second-order valence-electron chi connectivity index (χ2n) is 10.2. The van der Waals surface area contributed by atoms with Crippen molar-refractivity contribution in [2.24, 2.45) is 0 Å². The van der Waals surface area contributed by atoms with Crippen molar-refractivity contribution in [3.05, 3.63) is 66.2 Å². The van der Waals surface area contributed by atoms with Gasteiger partial charge in [-0.3, -0.25) is 14.5 Å². The number of methoxy groups -OCH3 is 4. The maximum atomic E-state index is 14.5. The second kappa shape index (κ2) is 12.8. The lowest BCUT2D eigenvalue weighted by molar-refractivity contribution is -0.128. The zero-order chi connectivity index (χ0) is 30.4. The summed E-state index contributed by atoms with van der Waals surface area (Å²) in [7, 11) is 6.04. The van der Waals surface area contributed by atoms with E-state index in [0.717, 1.165) is 0 Å². The molecule has 222 valence electrons. The molecule has 0 unspecified atom stereocenters. The van der Waals surface area contributed by atoms with Crippen LogP contribution in [0.3, 0.4) is 0 Å². The first-order chi connectivity index (χ1) is 20.2. The number of para-hydroxylation sites is 2. The van der Waals surface area contributed by atoms with E-state index in [1.54, 1.807) is 36.4 Å². The van der Waals surface area contributed by atoms with Crippen molar-refractivity contribution in [2.75, 3.05) is 33.3 Å². The van der Waals surface area contributed by atoms with E-state index in [1.807, 2.05) is 45.0 Å². The Morgan fingerprint density at radius 1 is 0.929 bits per heavy atom. The Morgan fingerprint density at radius 2 is 1.67 bits per heavy atom. The van der Waals surface area contributed by atoms with Gasteiger partial charge < -0.3 is 24.3 Å². The summed E-state index contributed by atoms with van der Waals surface area (Å²) < 4.78 is 23.9. The van der Waals surface area contributed by atoms with Crippen LogP contribution < -0.4 is 29.2 Å². The summed E-state index contributed by atoms with van der Waals surface area (Å²) in [5, 5.41) is 11.5. The van der Waals surface area contributed by atoms with E-state index in [0.29, 0.717) is 51.7 Å². The molecule has 0 aliphatic carbocycles. The lowest BCUT2D eigenvalue weighted by Crippen LogP contribution is -2.51. The number of hydrogen-bond donors (Lipinski definition) is 1. The number of rotatable bonds is 12. The Bertz CT molecular complexity index is 1570. The molecule has 4 aromatic rings. The van der Waals surface area contributed by atoms with Crippen LogP contribution in [-0.2, 0) is 16.1 Å². The minimum absolute atomic E-state index is 0.205. The molecule has 0 bridgehead atoms. The number of anilines is 1. The molecule has 0 aliphatic rings. The lowest BCUT2D eigenvalue weighted by Gasteiger charge is -2.35. The van der Waals surface area contributed by atoms with Gasteiger partial charge in [0.2, 0.25) is 11.8 Å². The summed E-state index contributed by atoms with van der Waals surface area (Å²) in [5.74, 6) is 0.749. The smallest absolute Gasteiger partial charge is 0.249 e. The van der Waals surface area contributed by atoms with Gasteiger partial charge in [-0.05, 0) is 50.6 Å². The summed E-state index contributed by atoms with van der Waals surface area (Å²) in [6.07, 6.45) is 0.658. The maximum absolute atomic E-state index is 14.5. The highest BCUT2D eigenvalue weighted by Gasteiger charge is 2.39. The van der Waals surface area contributed by atoms with E-state index in [2.05, 4.69) is 15.6 Å². The van der Waals surface area contributed by atoms with E-state index in [4.69, 9.17) is 18.9 Å². The van der Waals surface area contributed by atoms with Crippen LogP contribution in [0.4, 0.5) is 5.69 Å². The average molecular weight is 576 g/mol. The van der Waals surface area contributed by atoms with Crippen molar-refractivity contribution in [2.45, 2.75) is 45.3 Å². The van der Waals surface area contributed by atoms with Gasteiger partial charge in [-0.1, -0.05) is 36.4 Å². The van der Waals surface area contributed by atoms with Crippen LogP contribution in [0.1, 0.15) is 38.8 Å². The van der Waals surface area contributed by atoms with Crippen molar-refractivity contribution in [3.8, 4) is 23.0 Å². The Hall–Kier alpha value is -4.80. The number of nitrogens with one attached hydrogen (secondary N) is 1. The molecule has 0 spiro atoms. The van der Waals surface area contributed by atoms with E-state index in [-0.39, 0.29) is 6.54 Å². The van der Waals surface area contributed by atoms with Gasteiger partial charge in [0.05, 0.1) is 39.6 Å². The molecule has 1 N–H and O–H groups in total. The Kier molecular flexibility index (Phi) is 9.19. The van der Waals surface area contributed by atoms with Crippen molar-refractivity contribution in [1.82, 2.24) is 20.3 Å². The molecule has 0 fully saturated rings. The van der Waals surface area contributed by atoms with E-state index >= 15 is 0 Å². The zero-order valence-corrected chi connectivity index (χ0v) is 25.0. The van der Waals surface area contributed by atoms with Crippen LogP contribution in [0.15, 0.2) is 60.7 Å². The molecular formula is C31H37N5O6. The van der Waals surface area contributed by atoms with Crippen LogP contribution in [0.2, 0.25) is 0 Å². The molecule has 0 saturated heterocycles. The number of carbonyl (C=O) groups is 2. The molecule has 1 heterocycles. The van der Waals surface area contributed by atoms with Gasteiger partial charge in [0, 0.05) is 17.2 Å². The summed E-state index contributed by atoms with van der Waals surface area (Å²) >= 11 is 0. The van der Waals surface area contributed by atoms with E-state index < -0.39 is 23.4 Å².